The minimum absolute atomic E-state index is 0.00756. The van der Waals surface area contributed by atoms with Gasteiger partial charge in [-0.3, -0.25) is 9.48 Å². The quantitative estimate of drug-likeness (QED) is 0.707. The number of carbonyl (C=O) groups is 1. The summed E-state index contributed by atoms with van der Waals surface area (Å²) in [5, 5.41) is 10.4. The average Bonchev–Trinajstić information content (AvgIpc) is 2.73. The average molecular weight is 211 g/mol. The molecule has 15 heavy (non-hydrogen) atoms. The van der Waals surface area contributed by atoms with Gasteiger partial charge in [0.2, 0.25) is 5.91 Å². The third-order valence-corrected chi connectivity index (χ3v) is 2.22. The molecule has 0 aliphatic rings. The number of hydrogen-bond donors (Lipinski definition) is 2. The van der Waals surface area contributed by atoms with Crippen molar-refractivity contribution >= 4 is 5.91 Å². The maximum atomic E-state index is 11.0. The van der Waals surface area contributed by atoms with Gasteiger partial charge < -0.3 is 11.1 Å². The van der Waals surface area contributed by atoms with E-state index in [-0.39, 0.29) is 11.9 Å². The van der Waals surface area contributed by atoms with Crippen molar-refractivity contribution in [1.29, 1.82) is 0 Å². The molecule has 0 fully saturated rings. The highest BCUT2D eigenvalue weighted by Gasteiger charge is 2.08. The number of nitrogens with one attached hydrogen (secondary N) is 1. The van der Waals surface area contributed by atoms with Crippen LogP contribution in [0.5, 0.6) is 0 Å². The zero-order chi connectivity index (χ0) is 11.3. The van der Waals surface area contributed by atoms with Crippen molar-refractivity contribution in [2.75, 3.05) is 7.05 Å². The topological polar surface area (TPSA) is 85.8 Å². The van der Waals surface area contributed by atoms with Crippen LogP contribution in [-0.2, 0) is 11.3 Å². The van der Waals surface area contributed by atoms with E-state index in [1.807, 2.05) is 6.92 Å². The van der Waals surface area contributed by atoms with E-state index in [0.29, 0.717) is 13.0 Å². The first-order valence-corrected chi connectivity index (χ1v) is 5.03. The molecule has 1 unspecified atom stereocenters. The van der Waals surface area contributed by atoms with Crippen molar-refractivity contribution < 1.29 is 4.79 Å². The van der Waals surface area contributed by atoms with E-state index in [1.54, 1.807) is 17.9 Å². The smallest absolute Gasteiger partial charge is 0.221 e. The Bertz CT molecular complexity index is 322. The second kappa shape index (κ2) is 5.45. The number of nitrogens with zero attached hydrogens (tertiary/aromatic N) is 3. The number of amides is 1. The Morgan fingerprint density at radius 3 is 3.07 bits per heavy atom. The minimum atomic E-state index is -0.0706. The van der Waals surface area contributed by atoms with E-state index in [4.69, 9.17) is 5.73 Å². The zero-order valence-electron chi connectivity index (χ0n) is 9.10. The number of nitrogens with two attached hydrogens (primary N) is 1. The van der Waals surface area contributed by atoms with E-state index < -0.39 is 0 Å². The van der Waals surface area contributed by atoms with Crippen LogP contribution in [0.15, 0.2) is 6.20 Å². The molecule has 0 aliphatic carbocycles. The third kappa shape index (κ3) is 3.32. The Morgan fingerprint density at radius 2 is 2.47 bits per heavy atom. The second-order valence-electron chi connectivity index (χ2n) is 3.34. The van der Waals surface area contributed by atoms with Gasteiger partial charge in [0, 0.05) is 13.5 Å². The van der Waals surface area contributed by atoms with Crippen LogP contribution in [-0.4, -0.2) is 27.9 Å². The van der Waals surface area contributed by atoms with E-state index in [9.17, 15) is 4.79 Å². The summed E-state index contributed by atoms with van der Waals surface area (Å²) >= 11 is 0. The molecule has 84 valence electrons. The molecule has 1 amide bonds. The Hall–Kier alpha value is -1.43. The van der Waals surface area contributed by atoms with E-state index in [2.05, 4.69) is 15.6 Å². The lowest BCUT2D eigenvalue weighted by Crippen LogP contribution is -2.19. The Labute approximate surface area is 88.8 Å². The largest absolute Gasteiger partial charge is 0.359 e. The van der Waals surface area contributed by atoms with Gasteiger partial charge in [-0.1, -0.05) is 12.1 Å². The molecule has 0 radical (unpaired) electrons. The van der Waals surface area contributed by atoms with Gasteiger partial charge in [0.05, 0.1) is 24.5 Å². The van der Waals surface area contributed by atoms with Crippen molar-refractivity contribution in [1.82, 2.24) is 20.3 Å². The highest BCUT2D eigenvalue weighted by Crippen LogP contribution is 2.08. The van der Waals surface area contributed by atoms with Crippen LogP contribution in [0.4, 0.5) is 0 Å². The first kappa shape index (κ1) is 11.6. The third-order valence-electron chi connectivity index (χ3n) is 2.22. The number of aryl methyl sites for hydroxylation is 1. The zero-order valence-corrected chi connectivity index (χ0v) is 9.10. The molecule has 3 N–H and O–H groups in total. The fourth-order valence-corrected chi connectivity index (χ4v) is 1.14. The summed E-state index contributed by atoms with van der Waals surface area (Å²) in [7, 11) is 1.61. The second-order valence-corrected chi connectivity index (χ2v) is 3.34. The summed E-state index contributed by atoms with van der Waals surface area (Å²) in [5.41, 5.74) is 6.57. The highest BCUT2D eigenvalue weighted by atomic mass is 16.1. The maximum Gasteiger partial charge on any atom is 0.221 e. The van der Waals surface area contributed by atoms with Gasteiger partial charge in [0.1, 0.15) is 0 Å². The van der Waals surface area contributed by atoms with Gasteiger partial charge in [0.25, 0.3) is 0 Å². The minimum Gasteiger partial charge on any atom is -0.359 e. The van der Waals surface area contributed by atoms with Gasteiger partial charge in [-0.15, -0.1) is 5.10 Å². The van der Waals surface area contributed by atoms with Crippen molar-refractivity contribution in [3.8, 4) is 0 Å². The molecule has 0 spiro atoms. The summed E-state index contributed by atoms with van der Waals surface area (Å²) in [4.78, 5) is 11.0. The monoisotopic (exact) mass is 211 g/mol. The summed E-state index contributed by atoms with van der Waals surface area (Å²) in [5.74, 6) is -0.00756. The molecule has 1 atom stereocenters. The van der Waals surface area contributed by atoms with E-state index in [1.165, 1.54) is 0 Å². The van der Waals surface area contributed by atoms with Crippen molar-refractivity contribution in [2.24, 2.45) is 5.73 Å². The molecular formula is C9H17N5O. The molecule has 0 saturated carbocycles. The fraction of sp³-hybridized carbons (Fsp3) is 0.667. The van der Waals surface area contributed by atoms with Crippen LogP contribution in [0.3, 0.4) is 0 Å². The molecule has 0 aliphatic heterocycles. The predicted octanol–water partition coefficient (Wildman–Crippen LogP) is -0.176. The molecule has 1 heterocycles. The summed E-state index contributed by atoms with van der Waals surface area (Å²) in [6.07, 6.45) is 3.02. The standard InChI is InChI=1S/C9H17N5O/c1-3-7(10)8-6-14(13-12-8)5-4-9(15)11-2/h6-7H,3-5,10H2,1-2H3,(H,11,15). The molecule has 0 saturated heterocycles. The van der Waals surface area contributed by atoms with Gasteiger partial charge in [-0.25, -0.2) is 0 Å². The normalized spacial score (nSPS) is 12.5. The van der Waals surface area contributed by atoms with Crippen LogP contribution in [0.1, 0.15) is 31.5 Å². The fourth-order valence-electron chi connectivity index (χ4n) is 1.14. The van der Waals surface area contributed by atoms with Crippen LogP contribution in [0.25, 0.3) is 0 Å². The SMILES string of the molecule is CCC(N)c1cn(CCC(=O)NC)nn1. The first-order valence-electron chi connectivity index (χ1n) is 5.03. The van der Waals surface area contributed by atoms with Gasteiger partial charge in [-0.2, -0.15) is 0 Å². The molecular weight excluding hydrogens is 194 g/mol. The first-order chi connectivity index (χ1) is 7.17. The Kier molecular flexibility index (Phi) is 4.23. The number of hydrogen-bond acceptors (Lipinski definition) is 4. The van der Waals surface area contributed by atoms with Gasteiger partial charge >= 0.3 is 0 Å². The molecule has 6 heteroatoms. The van der Waals surface area contributed by atoms with Crippen molar-refractivity contribution in [3.05, 3.63) is 11.9 Å². The molecule has 0 bridgehead atoms. The molecule has 6 nitrogen and oxygen atoms in total. The Balaban J connectivity index is 2.49. The summed E-state index contributed by atoms with van der Waals surface area (Å²) < 4.78 is 1.64. The molecule has 1 aromatic heterocycles. The van der Waals surface area contributed by atoms with Crippen LogP contribution >= 0.6 is 0 Å². The highest BCUT2D eigenvalue weighted by molar-refractivity contribution is 5.75. The van der Waals surface area contributed by atoms with Gasteiger partial charge in [0.15, 0.2) is 0 Å². The van der Waals surface area contributed by atoms with Crippen LogP contribution in [0, 0.1) is 0 Å². The number of carbonyl (C=O) groups excluding carboxylic acids is 1. The van der Waals surface area contributed by atoms with E-state index >= 15 is 0 Å². The predicted molar refractivity (Wildman–Crippen MR) is 55.9 cm³/mol. The summed E-state index contributed by atoms with van der Waals surface area (Å²) in [6.45, 7) is 2.53. The summed E-state index contributed by atoms with van der Waals surface area (Å²) in [6, 6.07) is -0.0706. The Morgan fingerprint density at radius 1 is 1.73 bits per heavy atom. The van der Waals surface area contributed by atoms with Gasteiger partial charge in [-0.05, 0) is 6.42 Å². The van der Waals surface area contributed by atoms with Crippen molar-refractivity contribution in [2.45, 2.75) is 32.4 Å². The maximum absolute atomic E-state index is 11.0. The van der Waals surface area contributed by atoms with Crippen molar-refractivity contribution in [3.63, 3.8) is 0 Å². The van der Waals surface area contributed by atoms with E-state index in [0.717, 1.165) is 12.1 Å². The molecule has 0 aromatic carbocycles. The molecule has 1 rings (SSSR count). The molecule has 1 aromatic rings. The lowest BCUT2D eigenvalue weighted by molar-refractivity contribution is -0.120. The van der Waals surface area contributed by atoms with Crippen LogP contribution < -0.4 is 11.1 Å². The van der Waals surface area contributed by atoms with Crippen LogP contribution in [0.2, 0.25) is 0 Å². The lowest BCUT2D eigenvalue weighted by Gasteiger charge is -2.02. The number of rotatable bonds is 5. The number of aromatic nitrogens is 3. The lowest BCUT2D eigenvalue weighted by atomic mass is 10.2.